The van der Waals surface area contributed by atoms with Gasteiger partial charge in [-0.05, 0) is 37.3 Å². The van der Waals surface area contributed by atoms with E-state index in [1.165, 1.54) is 34.4 Å². The molecule has 0 bridgehead atoms. The highest BCUT2D eigenvalue weighted by Crippen LogP contribution is 2.29. The average molecular weight is 358 g/mol. The summed E-state index contributed by atoms with van der Waals surface area (Å²) in [7, 11) is 1.63. The predicted octanol–water partition coefficient (Wildman–Crippen LogP) is 4.67. The number of aromatic nitrogens is 1. The topological polar surface area (TPSA) is 33.2 Å². The van der Waals surface area contributed by atoms with Crippen molar-refractivity contribution >= 4 is 17.2 Å². The van der Waals surface area contributed by atoms with Crippen LogP contribution >= 0.6 is 11.3 Å². The number of carbonyl (C=O) groups excluding carboxylic acids is 1. The first-order chi connectivity index (χ1) is 12.0. The lowest BCUT2D eigenvalue weighted by Gasteiger charge is -2.17. The molecule has 2 aromatic carbocycles. The van der Waals surface area contributed by atoms with Crippen molar-refractivity contribution in [3.63, 3.8) is 0 Å². The van der Waals surface area contributed by atoms with E-state index in [2.05, 4.69) is 4.98 Å². The van der Waals surface area contributed by atoms with Gasteiger partial charge < -0.3 is 4.90 Å². The van der Waals surface area contributed by atoms with E-state index in [0.717, 1.165) is 5.56 Å². The molecule has 0 aliphatic carbocycles. The maximum absolute atomic E-state index is 13.8. The second-order valence-electron chi connectivity index (χ2n) is 5.69. The molecule has 128 valence electrons. The monoisotopic (exact) mass is 358 g/mol. The van der Waals surface area contributed by atoms with Gasteiger partial charge in [-0.1, -0.05) is 18.2 Å². The Kier molecular flexibility index (Phi) is 4.90. The van der Waals surface area contributed by atoms with Crippen molar-refractivity contribution in [2.24, 2.45) is 0 Å². The summed E-state index contributed by atoms with van der Waals surface area (Å²) in [6, 6.07) is 12.4. The van der Waals surface area contributed by atoms with Crippen LogP contribution in [0.3, 0.4) is 0 Å². The lowest BCUT2D eigenvalue weighted by molar-refractivity contribution is 0.0787. The zero-order valence-electron chi connectivity index (χ0n) is 13.8. The Morgan fingerprint density at radius 1 is 1.12 bits per heavy atom. The molecular weight excluding hydrogens is 342 g/mol. The van der Waals surface area contributed by atoms with Crippen LogP contribution in [0, 0.1) is 18.6 Å². The van der Waals surface area contributed by atoms with Crippen molar-refractivity contribution in [3.8, 4) is 10.6 Å². The number of nitrogens with zero attached hydrogens (tertiary/aromatic N) is 2. The second kappa shape index (κ2) is 7.11. The lowest BCUT2D eigenvalue weighted by Crippen LogP contribution is -2.26. The van der Waals surface area contributed by atoms with Gasteiger partial charge in [0.15, 0.2) is 0 Å². The number of amides is 1. The van der Waals surface area contributed by atoms with Crippen LogP contribution in [0.1, 0.15) is 20.9 Å². The van der Waals surface area contributed by atoms with Gasteiger partial charge in [-0.25, -0.2) is 13.8 Å². The molecule has 1 heterocycles. The molecule has 6 heteroatoms. The summed E-state index contributed by atoms with van der Waals surface area (Å²) in [6.07, 6.45) is 0. The molecule has 0 saturated heterocycles. The zero-order valence-corrected chi connectivity index (χ0v) is 14.6. The number of hydrogen-bond acceptors (Lipinski definition) is 3. The second-order valence-corrected chi connectivity index (χ2v) is 6.69. The highest BCUT2D eigenvalue weighted by atomic mass is 32.1. The molecule has 3 nitrogen and oxygen atoms in total. The van der Waals surface area contributed by atoms with E-state index < -0.39 is 0 Å². The van der Waals surface area contributed by atoms with E-state index in [4.69, 9.17) is 0 Å². The summed E-state index contributed by atoms with van der Waals surface area (Å²) in [4.78, 5) is 19.1. The first-order valence-corrected chi connectivity index (χ1v) is 8.49. The third-order valence-corrected chi connectivity index (χ3v) is 4.99. The third kappa shape index (κ3) is 3.74. The fraction of sp³-hybridized carbons (Fsp3) is 0.158. The molecule has 3 rings (SSSR count). The molecule has 0 radical (unpaired) electrons. The minimum atomic E-state index is -0.338. The SMILES string of the molecule is Cc1nc(-c2ccc(F)cc2)sc1C(=O)N(C)Cc1ccccc1F. The van der Waals surface area contributed by atoms with E-state index in [9.17, 15) is 13.6 Å². The number of hydrogen-bond donors (Lipinski definition) is 0. The highest BCUT2D eigenvalue weighted by Gasteiger charge is 2.20. The normalized spacial score (nSPS) is 10.7. The Balaban J connectivity index is 1.82. The van der Waals surface area contributed by atoms with Crippen LogP contribution < -0.4 is 0 Å². The van der Waals surface area contributed by atoms with E-state index in [1.807, 2.05) is 0 Å². The van der Waals surface area contributed by atoms with Crippen LogP contribution in [0.25, 0.3) is 10.6 Å². The van der Waals surface area contributed by atoms with Crippen molar-refractivity contribution < 1.29 is 13.6 Å². The molecule has 0 saturated carbocycles. The van der Waals surface area contributed by atoms with Gasteiger partial charge in [0, 0.05) is 24.7 Å². The molecule has 0 fully saturated rings. The molecule has 0 spiro atoms. The maximum atomic E-state index is 13.8. The Morgan fingerprint density at radius 2 is 1.80 bits per heavy atom. The summed E-state index contributed by atoms with van der Waals surface area (Å²) >= 11 is 1.25. The first kappa shape index (κ1) is 17.2. The van der Waals surface area contributed by atoms with Crippen molar-refractivity contribution in [2.75, 3.05) is 7.05 Å². The van der Waals surface area contributed by atoms with Crippen molar-refractivity contribution in [3.05, 3.63) is 76.3 Å². The summed E-state index contributed by atoms with van der Waals surface area (Å²) in [6.45, 7) is 1.93. The van der Waals surface area contributed by atoms with Crippen LogP contribution in [0.2, 0.25) is 0 Å². The minimum Gasteiger partial charge on any atom is -0.337 e. The van der Waals surface area contributed by atoms with Gasteiger partial charge in [-0.2, -0.15) is 0 Å². The smallest absolute Gasteiger partial charge is 0.265 e. The zero-order chi connectivity index (χ0) is 18.0. The van der Waals surface area contributed by atoms with E-state index in [1.54, 1.807) is 44.3 Å². The van der Waals surface area contributed by atoms with Crippen LogP contribution in [0.5, 0.6) is 0 Å². The molecule has 0 atom stereocenters. The largest absolute Gasteiger partial charge is 0.337 e. The fourth-order valence-electron chi connectivity index (χ4n) is 2.44. The lowest BCUT2D eigenvalue weighted by atomic mass is 10.2. The van der Waals surface area contributed by atoms with Crippen LogP contribution in [-0.2, 0) is 6.54 Å². The number of aryl methyl sites for hydroxylation is 1. The van der Waals surface area contributed by atoms with Crippen molar-refractivity contribution in [1.82, 2.24) is 9.88 Å². The quantitative estimate of drug-likeness (QED) is 0.679. The van der Waals surface area contributed by atoms with Gasteiger partial charge in [-0.15, -0.1) is 11.3 Å². The van der Waals surface area contributed by atoms with Crippen molar-refractivity contribution in [2.45, 2.75) is 13.5 Å². The molecule has 1 aromatic heterocycles. The van der Waals surface area contributed by atoms with Gasteiger partial charge in [0.2, 0.25) is 0 Å². The van der Waals surface area contributed by atoms with Crippen LogP contribution in [0.4, 0.5) is 8.78 Å². The molecule has 0 aliphatic rings. The summed E-state index contributed by atoms with van der Waals surface area (Å²) < 4.78 is 26.8. The van der Waals surface area contributed by atoms with E-state index in [0.29, 0.717) is 21.1 Å². The summed E-state index contributed by atoms with van der Waals surface area (Å²) in [5, 5.41) is 0.653. The Labute approximate surface area is 148 Å². The standard InChI is InChI=1S/C19H16F2N2OS/c1-12-17(25-18(22-12)13-7-9-15(20)10-8-13)19(24)23(2)11-14-5-3-4-6-16(14)21/h3-10H,11H2,1-2H3. The highest BCUT2D eigenvalue weighted by molar-refractivity contribution is 7.17. The van der Waals surface area contributed by atoms with E-state index >= 15 is 0 Å². The molecule has 0 aliphatic heterocycles. The van der Waals surface area contributed by atoms with Gasteiger partial charge in [-0.3, -0.25) is 4.79 Å². The number of carbonyl (C=O) groups is 1. The molecule has 25 heavy (non-hydrogen) atoms. The molecule has 1 amide bonds. The minimum absolute atomic E-state index is 0.175. The number of rotatable bonds is 4. The summed E-state index contributed by atoms with van der Waals surface area (Å²) in [5.74, 6) is -0.875. The van der Waals surface area contributed by atoms with Crippen LogP contribution in [-0.4, -0.2) is 22.8 Å². The molecule has 0 N–H and O–H groups in total. The number of benzene rings is 2. The maximum Gasteiger partial charge on any atom is 0.265 e. The molecule has 0 unspecified atom stereocenters. The van der Waals surface area contributed by atoms with Crippen molar-refractivity contribution in [1.29, 1.82) is 0 Å². The molecular formula is C19H16F2N2OS. The number of halogens is 2. The third-order valence-electron chi connectivity index (χ3n) is 3.79. The first-order valence-electron chi connectivity index (χ1n) is 7.68. The Morgan fingerprint density at radius 3 is 2.48 bits per heavy atom. The Hall–Kier alpha value is -2.60. The van der Waals surface area contributed by atoms with Gasteiger partial charge in [0.05, 0.1) is 5.69 Å². The van der Waals surface area contributed by atoms with E-state index in [-0.39, 0.29) is 24.1 Å². The predicted molar refractivity (Wildman–Crippen MR) is 94.4 cm³/mol. The van der Waals surface area contributed by atoms with Crippen LogP contribution in [0.15, 0.2) is 48.5 Å². The van der Waals surface area contributed by atoms with Gasteiger partial charge in [0.25, 0.3) is 5.91 Å². The van der Waals surface area contributed by atoms with Gasteiger partial charge >= 0.3 is 0 Å². The molecule has 3 aromatic rings. The number of thiazole rings is 1. The Bertz CT molecular complexity index is 906. The fourth-order valence-corrected chi connectivity index (χ4v) is 3.50. The summed E-state index contributed by atoms with van der Waals surface area (Å²) in [5.41, 5.74) is 1.82. The van der Waals surface area contributed by atoms with Gasteiger partial charge in [0.1, 0.15) is 21.5 Å². The average Bonchev–Trinajstić information content (AvgIpc) is 2.98.